The van der Waals surface area contributed by atoms with Crippen LogP contribution in [-0.4, -0.2) is 16.9 Å². The first-order valence-corrected chi connectivity index (χ1v) is 7.53. The standard InChI is InChI=1S/C18H28O3/c1-14(2)8-5-12-17(18(20)21)13-7-10-15(3)9-6-11-16(4)19/h8-9,13H,5-7,10-12H2,1-4H3,(H,20,21)/b15-9+,17-13-. The van der Waals surface area contributed by atoms with E-state index in [1.165, 1.54) is 11.1 Å². The SMILES string of the molecule is CC(=O)CC/C=C(\C)CC/C=C(/CCC=C(C)C)C(=O)O. The third kappa shape index (κ3) is 11.9. The number of Topliss-reactive ketones (excluding diaryl/α,β-unsaturated/α-hetero) is 1. The highest BCUT2D eigenvalue weighted by Gasteiger charge is 2.05. The minimum absolute atomic E-state index is 0.200. The molecule has 0 saturated heterocycles. The Hall–Kier alpha value is -1.64. The third-order valence-corrected chi connectivity index (χ3v) is 3.16. The van der Waals surface area contributed by atoms with Crippen molar-refractivity contribution in [2.45, 2.75) is 66.2 Å². The topological polar surface area (TPSA) is 54.4 Å². The fraction of sp³-hybridized carbons (Fsp3) is 0.556. The van der Waals surface area contributed by atoms with Gasteiger partial charge in [0.2, 0.25) is 0 Å². The van der Waals surface area contributed by atoms with E-state index >= 15 is 0 Å². The summed E-state index contributed by atoms with van der Waals surface area (Å²) < 4.78 is 0. The summed E-state index contributed by atoms with van der Waals surface area (Å²) in [4.78, 5) is 22.0. The van der Waals surface area contributed by atoms with Crippen LogP contribution in [0, 0.1) is 0 Å². The molecule has 0 aliphatic rings. The van der Waals surface area contributed by atoms with Crippen molar-refractivity contribution in [3.8, 4) is 0 Å². The zero-order valence-electron chi connectivity index (χ0n) is 13.7. The lowest BCUT2D eigenvalue weighted by Gasteiger charge is -2.02. The van der Waals surface area contributed by atoms with Crippen LogP contribution in [0.4, 0.5) is 0 Å². The molecular weight excluding hydrogens is 264 g/mol. The molecule has 0 aromatic heterocycles. The first kappa shape index (κ1) is 19.4. The molecule has 21 heavy (non-hydrogen) atoms. The van der Waals surface area contributed by atoms with E-state index in [-0.39, 0.29) is 5.78 Å². The van der Waals surface area contributed by atoms with Crippen molar-refractivity contribution in [1.82, 2.24) is 0 Å². The average Bonchev–Trinajstić information content (AvgIpc) is 2.35. The van der Waals surface area contributed by atoms with Gasteiger partial charge in [-0.15, -0.1) is 0 Å². The maximum absolute atomic E-state index is 11.2. The fourth-order valence-electron chi connectivity index (χ4n) is 1.91. The van der Waals surface area contributed by atoms with Gasteiger partial charge in [-0.3, -0.25) is 0 Å². The molecule has 0 fully saturated rings. The molecule has 0 aromatic carbocycles. The van der Waals surface area contributed by atoms with Crippen molar-refractivity contribution >= 4 is 11.8 Å². The number of allylic oxidation sites excluding steroid dienone is 5. The van der Waals surface area contributed by atoms with E-state index in [1.807, 2.05) is 26.8 Å². The number of carbonyl (C=O) groups is 2. The number of carboxylic acids is 1. The first-order chi connectivity index (χ1) is 9.82. The molecule has 0 heterocycles. The summed E-state index contributed by atoms with van der Waals surface area (Å²) in [5.74, 6) is -0.623. The number of rotatable bonds is 10. The molecule has 3 heteroatoms. The van der Waals surface area contributed by atoms with Crippen molar-refractivity contribution in [3.63, 3.8) is 0 Å². The molecule has 0 atom stereocenters. The highest BCUT2D eigenvalue weighted by Crippen LogP contribution is 2.13. The molecule has 0 amide bonds. The normalized spacial score (nSPS) is 12.2. The zero-order valence-corrected chi connectivity index (χ0v) is 13.7. The highest BCUT2D eigenvalue weighted by molar-refractivity contribution is 5.86. The van der Waals surface area contributed by atoms with Crippen molar-refractivity contribution < 1.29 is 14.7 Å². The molecule has 0 spiro atoms. The lowest BCUT2D eigenvalue weighted by molar-refractivity contribution is -0.132. The van der Waals surface area contributed by atoms with Crippen LogP contribution < -0.4 is 0 Å². The smallest absolute Gasteiger partial charge is 0.331 e. The molecule has 118 valence electrons. The Morgan fingerprint density at radius 1 is 0.810 bits per heavy atom. The predicted octanol–water partition coefficient (Wildman–Crippen LogP) is 4.84. The van der Waals surface area contributed by atoms with Crippen LogP contribution in [0.15, 0.2) is 34.9 Å². The number of carboxylic acid groups (broad SMARTS) is 1. The van der Waals surface area contributed by atoms with E-state index in [9.17, 15) is 9.59 Å². The molecule has 0 saturated carbocycles. The van der Waals surface area contributed by atoms with Crippen LogP contribution in [0.3, 0.4) is 0 Å². The van der Waals surface area contributed by atoms with Crippen molar-refractivity contribution in [3.05, 3.63) is 34.9 Å². The molecule has 3 nitrogen and oxygen atoms in total. The monoisotopic (exact) mass is 292 g/mol. The Bertz CT molecular complexity index is 435. The molecule has 0 bridgehead atoms. The maximum atomic E-state index is 11.2. The summed E-state index contributed by atoms with van der Waals surface area (Å²) in [7, 11) is 0. The number of hydrogen-bond donors (Lipinski definition) is 1. The van der Waals surface area contributed by atoms with E-state index < -0.39 is 5.97 Å². The van der Waals surface area contributed by atoms with E-state index in [1.54, 1.807) is 6.92 Å². The Morgan fingerprint density at radius 3 is 1.90 bits per heavy atom. The van der Waals surface area contributed by atoms with Gasteiger partial charge in [-0.05, 0) is 59.8 Å². The van der Waals surface area contributed by atoms with Crippen LogP contribution in [0.2, 0.25) is 0 Å². The molecule has 0 aliphatic heterocycles. The summed E-state index contributed by atoms with van der Waals surface area (Å²) in [5, 5.41) is 9.17. The number of hydrogen-bond acceptors (Lipinski definition) is 2. The number of carbonyl (C=O) groups excluding carboxylic acids is 1. The van der Waals surface area contributed by atoms with Gasteiger partial charge in [-0.25, -0.2) is 4.79 Å². The van der Waals surface area contributed by atoms with E-state index in [0.717, 1.165) is 25.7 Å². The summed E-state index contributed by atoms with van der Waals surface area (Å²) in [6.45, 7) is 7.65. The van der Waals surface area contributed by atoms with Crippen LogP contribution in [0.5, 0.6) is 0 Å². The lowest BCUT2D eigenvalue weighted by atomic mass is 10.0. The fourth-order valence-corrected chi connectivity index (χ4v) is 1.91. The average molecular weight is 292 g/mol. The van der Waals surface area contributed by atoms with Gasteiger partial charge in [0.15, 0.2) is 0 Å². The van der Waals surface area contributed by atoms with Gasteiger partial charge >= 0.3 is 5.97 Å². The summed E-state index contributed by atoms with van der Waals surface area (Å²) in [6, 6.07) is 0. The molecule has 0 aliphatic carbocycles. The number of ketones is 1. The second kappa shape index (κ2) is 11.1. The maximum Gasteiger partial charge on any atom is 0.331 e. The van der Waals surface area contributed by atoms with E-state index in [0.29, 0.717) is 18.4 Å². The van der Waals surface area contributed by atoms with Crippen molar-refractivity contribution in [2.24, 2.45) is 0 Å². The lowest BCUT2D eigenvalue weighted by Crippen LogP contribution is -2.00. The van der Waals surface area contributed by atoms with Gasteiger partial charge in [0, 0.05) is 12.0 Å². The summed E-state index contributed by atoms with van der Waals surface area (Å²) in [5.41, 5.74) is 2.91. The molecule has 0 unspecified atom stereocenters. The van der Waals surface area contributed by atoms with Gasteiger partial charge < -0.3 is 9.90 Å². The highest BCUT2D eigenvalue weighted by atomic mass is 16.4. The summed E-state index contributed by atoms with van der Waals surface area (Å²) in [6.07, 6.45) is 10.2. The van der Waals surface area contributed by atoms with Crippen molar-refractivity contribution in [1.29, 1.82) is 0 Å². The number of aliphatic carboxylic acids is 1. The second-order valence-electron chi connectivity index (χ2n) is 5.68. The van der Waals surface area contributed by atoms with Gasteiger partial charge in [-0.1, -0.05) is 29.4 Å². The molecule has 1 N–H and O–H groups in total. The van der Waals surface area contributed by atoms with Crippen molar-refractivity contribution in [2.75, 3.05) is 0 Å². The van der Waals surface area contributed by atoms with Gasteiger partial charge in [0.05, 0.1) is 0 Å². The van der Waals surface area contributed by atoms with Gasteiger partial charge in [0.25, 0.3) is 0 Å². The molecule has 0 aromatic rings. The summed E-state index contributed by atoms with van der Waals surface area (Å²) >= 11 is 0. The van der Waals surface area contributed by atoms with E-state index in [4.69, 9.17) is 5.11 Å². The van der Waals surface area contributed by atoms with Gasteiger partial charge in [0.1, 0.15) is 5.78 Å². The molecular formula is C18H28O3. The quantitative estimate of drug-likeness (QED) is 0.463. The van der Waals surface area contributed by atoms with Crippen LogP contribution in [0.1, 0.15) is 66.2 Å². The predicted molar refractivity (Wildman–Crippen MR) is 87.3 cm³/mol. The molecule has 0 radical (unpaired) electrons. The third-order valence-electron chi connectivity index (χ3n) is 3.16. The minimum Gasteiger partial charge on any atom is -0.478 e. The second-order valence-corrected chi connectivity index (χ2v) is 5.68. The first-order valence-electron chi connectivity index (χ1n) is 7.53. The Kier molecular flexibility index (Phi) is 10.2. The van der Waals surface area contributed by atoms with Crippen LogP contribution in [-0.2, 0) is 9.59 Å². The Balaban J connectivity index is 4.28. The van der Waals surface area contributed by atoms with Crippen LogP contribution >= 0.6 is 0 Å². The van der Waals surface area contributed by atoms with Crippen LogP contribution in [0.25, 0.3) is 0 Å². The van der Waals surface area contributed by atoms with E-state index in [2.05, 4.69) is 12.2 Å². The van der Waals surface area contributed by atoms with Gasteiger partial charge in [-0.2, -0.15) is 0 Å². The molecule has 0 rings (SSSR count). The Labute approximate surface area is 128 Å². The largest absolute Gasteiger partial charge is 0.478 e. The zero-order chi connectivity index (χ0) is 16.3. The minimum atomic E-state index is -0.824. The Morgan fingerprint density at radius 2 is 1.38 bits per heavy atom.